The summed E-state index contributed by atoms with van der Waals surface area (Å²) in [6, 6.07) is 42.5. The Kier molecular flexibility index (Phi) is 8.25. The lowest BCUT2D eigenvalue weighted by molar-refractivity contribution is -0.133. The molecule has 262 valence electrons. The minimum atomic E-state index is -1.25. The second-order valence-electron chi connectivity index (χ2n) is 12.6. The molecule has 55 heavy (non-hydrogen) atoms. The molecule has 0 saturated heterocycles. The highest BCUT2D eigenvalue weighted by Crippen LogP contribution is 2.44. The third-order valence-electron chi connectivity index (χ3n) is 9.41. The van der Waals surface area contributed by atoms with E-state index >= 15 is 0 Å². The van der Waals surface area contributed by atoms with Gasteiger partial charge in [-0.25, -0.2) is 9.64 Å². The molecular weight excluding hydrogens is 745 g/mol. The minimum absolute atomic E-state index is 0.313. The largest absolute Gasteiger partial charge is 0.486 e. The first-order chi connectivity index (χ1) is 26.8. The number of hydrogen-bond acceptors (Lipinski definition) is 6. The van der Waals surface area contributed by atoms with Crippen LogP contribution in [0.2, 0.25) is 0 Å². The molecule has 0 unspecified atom stereocenters. The summed E-state index contributed by atoms with van der Waals surface area (Å²) in [4.78, 5) is 30.7. The number of aliphatic carboxylic acids is 2. The normalized spacial score (nSPS) is 12.1. The third-order valence-corrected chi connectivity index (χ3v) is 13.0. The van der Waals surface area contributed by atoms with Crippen molar-refractivity contribution in [1.82, 2.24) is 9.13 Å². The van der Waals surface area contributed by atoms with Crippen molar-refractivity contribution in [2.24, 2.45) is 0 Å². The fraction of sp³-hybridized carbons (Fsp3) is 0. The topological polar surface area (TPSA) is 113 Å². The first-order valence-corrected chi connectivity index (χ1v) is 19.3. The van der Waals surface area contributed by atoms with Crippen LogP contribution in [0, 0.1) is 17.9 Å². The summed E-state index contributed by atoms with van der Waals surface area (Å²) in [5, 5.41) is 34.2. The number of para-hydroxylation sites is 2. The van der Waals surface area contributed by atoms with E-state index in [-0.39, 0.29) is 11.3 Å². The van der Waals surface area contributed by atoms with Gasteiger partial charge in [-0.2, -0.15) is 5.26 Å². The Bertz CT molecular complexity index is 3000. The van der Waals surface area contributed by atoms with Crippen LogP contribution in [0.1, 0.15) is 11.1 Å². The van der Waals surface area contributed by atoms with Crippen molar-refractivity contribution >= 4 is 102 Å². The van der Waals surface area contributed by atoms with E-state index in [0.29, 0.717) is 11.1 Å². The zero-order chi connectivity index (χ0) is 37.8. The molecule has 0 atom stereocenters. The molecule has 5 aromatic heterocycles. The highest BCUT2D eigenvalue weighted by atomic mass is 32.1. The van der Waals surface area contributed by atoms with Gasteiger partial charge in [0.25, 0.3) is 5.70 Å². The average Bonchev–Trinajstić information content (AvgIpc) is 4.04. The number of carboxylic acids is 2. The highest BCUT2D eigenvalue weighted by Gasteiger charge is 2.18. The monoisotopic (exact) mass is 768 g/mol. The van der Waals surface area contributed by atoms with E-state index in [1.54, 1.807) is 40.1 Å². The second kappa shape index (κ2) is 13.4. The summed E-state index contributed by atoms with van der Waals surface area (Å²) < 4.78 is 4.47. The fourth-order valence-corrected chi connectivity index (χ4v) is 10.3. The van der Waals surface area contributed by atoms with Crippen molar-refractivity contribution in [3.63, 3.8) is 0 Å². The van der Waals surface area contributed by atoms with E-state index in [1.807, 2.05) is 60.7 Å². The van der Waals surface area contributed by atoms with Gasteiger partial charge in [-0.3, -0.25) is 4.79 Å². The Morgan fingerprint density at radius 3 is 1.51 bits per heavy atom. The van der Waals surface area contributed by atoms with Gasteiger partial charge in [0.15, 0.2) is 0 Å². The summed E-state index contributed by atoms with van der Waals surface area (Å²) in [5.41, 5.74) is 4.73. The van der Waals surface area contributed by atoms with Crippen molar-refractivity contribution < 1.29 is 19.8 Å². The van der Waals surface area contributed by atoms with Crippen LogP contribution in [0.25, 0.3) is 90.1 Å². The maximum absolute atomic E-state index is 11.5. The van der Waals surface area contributed by atoms with E-state index < -0.39 is 11.9 Å². The molecule has 0 fully saturated rings. The Morgan fingerprint density at radius 2 is 1.04 bits per heavy atom. The Hall–Kier alpha value is -7.02. The van der Waals surface area contributed by atoms with E-state index in [4.69, 9.17) is 6.57 Å². The van der Waals surface area contributed by atoms with Crippen LogP contribution in [0.4, 0.5) is 0 Å². The SMILES string of the molecule is [C-]#[N+]/C(=C\c1ccc2c(c1)c1ccccc1n2-c1ccc(-c2ccc(-c3ccc(-n4c5ccccc5c5cc(/C=C(\C#N)C(=O)O)ccc54)s3)s2)s1)C(=O)O. The lowest BCUT2D eigenvalue weighted by Gasteiger charge is -2.04. The maximum Gasteiger partial charge on any atom is 0.346 e. The van der Waals surface area contributed by atoms with Crippen molar-refractivity contribution in [2.75, 3.05) is 0 Å². The number of nitriles is 1. The average molecular weight is 769 g/mol. The van der Waals surface area contributed by atoms with Crippen LogP contribution >= 0.6 is 34.0 Å². The molecule has 0 bridgehead atoms. The number of fused-ring (bicyclic) bond motifs is 6. The van der Waals surface area contributed by atoms with E-state index in [1.165, 1.54) is 12.2 Å². The highest BCUT2D eigenvalue weighted by molar-refractivity contribution is 7.27. The quantitative estimate of drug-likeness (QED) is 0.0908. The van der Waals surface area contributed by atoms with E-state index in [9.17, 15) is 25.1 Å². The molecule has 0 aliphatic heterocycles. The summed E-state index contributed by atoms with van der Waals surface area (Å²) >= 11 is 5.15. The first-order valence-electron chi connectivity index (χ1n) is 16.9. The molecule has 0 aliphatic carbocycles. The Labute approximate surface area is 325 Å². The molecule has 0 radical (unpaired) electrons. The predicted octanol–water partition coefficient (Wildman–Crippen LogP) is 11.7. The van der Waals surface area contributed by atoms with Crippen LogP contribution < -0.4 is 0 Å². The van der Waals surface area contributed by atoms with E-state index in [2.05, 4.69) is 74.6 Å². The van der Waals surface area contributed by atoms with Gasteiger partial charge in [0, 0.05) is 41.1 Å². The zero-order valence-electron chi connectivity index (χ0n) is 28.4. The van der Waals surface area contributed by atoms with Gasteiger partial charge in [0.05, 0.1) is 28.6 Å². The van der Waals surface area contributed by atoms with Gasteiger partial charge in [-0.15, -0.1) is 34.0 Å². The van der Waals surface area contributed by atoms with Crippen LogP contribution in [-0.4, -0.2) is 31.3 Å². The third kappa shape index (κ3) is 5.80. The number of hydrogen-bond donors (Lipinski definition) is 2. The number of rotatable bonds is 8. The number of carboxylic acid groups (broad SMARTS) is 2. The van der Waals surface area contributed by atoms with E-state index in [0.717, 1.165) is 73.1 Å². The minimum Gasteiger partial charge on any atom is -0.486 e. The molecule has 0 amide bonds. The van der Waals surface area contributed by atoms with Gasteiger partial charge in [0.2, 0.25) is 0 Å². The fourth-order valence-electron chi connectivity index (χ4n) is 7.01. The van der Waals surface area contributed by atoms with Gasteiger partial charge >= 0.3 is 11.9 Å². The molecule has 8 nitrogen and oxygen atoms in total. The lowest BCUT2D eigenvalue weighted by Crippen LogP contribution is -1.97. The molecule has 2 N–H and O–H groups in total. The number of carbonyl (C=O) groups is 2. The van der Waals surface area contributed by atoms with Crippen molar-refractivity contribution in [3.05, 3.63) is 155 Å². The van der Waals surface area contributed by atoms with Gasteiger partial charge < -0.3 is 19.3 Å². The summed E-state index contributed by atoms with van der Waals surface area (Å²) in [6.07, 6.45) is 2.81. The number of nitrogens with zero attached hydrogens (tertiary/aromatic N) is 4. The summed E-state index contributed by atoms with van der Waals surface area (Å²) in [7, 11) is 0. The molecular formula is C44H24N4O4S3. The van der Waals surface area contributed by atoms with Crippen molar-refractivity contribution in [1.29, 1.82) is 5.26 Å². The number of aromatic nitrogens is 2. The second-order valence-corrected chi connectivity index (χ2v) is 15.8. The Morgan fingerprint density at radius 1 is 0.582 bits per heavy atom. The molecule has 0 spiro atoms. The van der Waals surface area contributed by atoms with Gasteiger partial charge in [-0.05, 0) is 96.1 Å². The standard InChI is InChI=1S/C44H24N4O4S3/c1-46-32(44(51)52)23-26-11-13-36-31(22-26)29-7-3-5-9-34(29)48(36)42-19-17-40(55-42)38-15-14-37(53-38)39-16-18-41(54-39)47-33-8-4-2-6-28(33)30-21-25(10-12-35(30)47)20-27(24-45)43(49)50/h2-23H,(H,49,50)(H,51,52)/b27-20+,32-23-. The van der Waals surface area contributed by atoms with Crippen LogP contribution in [0.15, 0.2) is 133 Å². The van der Waals surface area contributed by atoms with Gasteiger partial charge in [0.1, 0.15) is 21.6 Å². The molecule has 11 heteroatoms. The number of benzene rings is 4. The molecule has 5 heterocycles. The molecule has 9 rings (SSSR count). The van der Waals surface area contributed by atoms with Gasteiger partial charge in [-0.1, -0.05) is 48.5 Å². The Balaban J connectivity index is 1.06. The zero-order valence-corrected chi connectivity index (χ0v) is 30.9. The molecule has 0 aliphatic rings. The first kappa shape index (κ1) is 33.8. The van der Waals surface area contributed by atoms with Crippen LogP contribution in [0.3, 0.4) is 0 Å². The smallest absolute Gasteiger partial charge is 0.346 e. The molecule has 0 saturated carbocycles. The molecule has 9 aromatic rings. The summed E-state index contributed by atoms with van der Waals surface area (Å²) in [6.45, 7) is 7.25. The lowest BCUT2D eigenvalue weighted by atomic mass is 10.1. The van der Waals surface area contributed by atoms with Crippen molar-refractivity contribution in [3.8, 4) is 35.6 Å². The summed E-state index contributed by atoms with van der Waals surface area (Å²) in [5.74, 6) is -2.50. The maximum atomic E-state index is 11.5. The van der Waals surface area contributed by atoms with Crippen LogP contribution in [-0.2, 0) is 9.59 Å². The molecule has 4 aromatic carbocycles. The van der Waals surface area contributed by atoms with Crippen molar-refractivity contribution in [2.45, 2.75) is 0 Å². The predicted molar refractivity (Wildman–Crippen MR) is 223 cm³/mol. The number of thiophene rings is 3. The van der Waals surface area contributed by atoms with Crippen LogP contribution in [0.5, 0.6) is 0 Å².